The molecule has 0 bridgehead atoms. The van der Waals surface area contributed by atoms with E-state index in [0.29, 0.717) is 36.0 Å². The van der Waals surface area contributed by atoms with Gasteiger partial charge in [0.05, 0.1) is 17.6 Å². The third kappa shape index (κ3) is 3.18. The Hall–Kier alpha value is -3.40. The summed E-state index contributed by atoms with van der Waals surface area (Å²) in [5.74, 6) is 1.98. The predicted molar refractivity (Wildman–Crippen MR) is 111 cm³/mol. The van der Waals surface area contributed by atoms with Crippen LogP contribution in [0.15, 0.2) is 45.5 Å². The van der Waals surface area contributed by atoms with Crippen molar-refractivity contribution in [3.8, 4) is 23.0 Å². The Bertz CT molecular complexity index is 1270. The number of rotatable bonds is 5. The quantitative estimate of drug-likeness (QED) is 0.471. The van der Waals surface area contributed by atoms with Gasteiger partial charge in [-0.2, -0.15) is 0 Å². The van der Waals surface area contributed by atoms with Crippen molar-refractivity contribution >= 4 is 38.7 Å². The highest BCUT2D eigenvalue weighted by Crippen LogP contribution is 2.38. The minimum Gasteiger partial charge on any atom is -0.454 e. The lowest BCUT2D eigenvalue weighted by atomic mass is 10.2. The molecule has 0 saturated carbocycles. The summed E-state index contributed by atoms with van der Waals surface area (Å²) < 4.78 is 18.8. The van der Waals surface area contributed by atoms with Crippen LogP contribution >= 0.6 is 15.9 Å². The maximum atomic E-state index is 11.9. The fourth-order valence-corrected chi connectivity index (χ4v) is 3.75. The number of anilines is 1. The number of nitrogens with zero attached hydrogens (tertiary/aromatic N) is 4. The van der Waals surface area contributed by atoms with E-state index < -0.39 is 0 Å². The molecule has 0 radical (unpaired) electrons. The number of benzene rings is 2. The number of imidazole rings is 1. The highest BCUT2D eigenvalue weighted by atomic mass is 79.9. The Morgan fingerprint density at radius 2 is 2.00 bits per heavy atom. The van der Waals surface area contributed by atoms with Crippen molar-refractivity contribution in [1.82, 2.24) is 19.9 Å². The van der Waals surface area contributed by atoms with Crippen LogP contribution in [-0.4, -0.2) is 32.6 Å². The molecule has 3 heterocycles. The molecule has 9 nitrogen and oxygen atoms in total. The minimum absolute atomic E-state index is 0.187. The van der Waals surface area contributed by atoms with Crippen LogP contribution in [0.3, 0.4) is 0 Å². The standard InChI is InChI=1S/C20H16BrN5O4/c1-2-17(27)23-19-18(24-30-25-19)20-22-13-5-3-4-6-14(13)26(20)9-11-7-15-16(8-12(11)21)29-10-28-15/h3-8H,2,9-10H2,1H3,(H,23,25,27). The molecule has 30 heavy (non-hydrogen) atoms. The highest BCUT2D eigenvalue weighted by molar-refractivity contribution is 9.10. The Morgan fingerprint density at radius 3 is 2.83 bits per heavy atom. The minimum atomic E-state index is -0.187. The van der Waals surface area contributed by atoms with E-state index in [1.54, 1.807) is 6.92 Å². The third-order valence-corrected chi connectivity index (χ3v) is 5.54. The number of carbonyl (C=O) groups is 1. The number of hydrogen-bond donors (Lipinski definition) is 1. The molecule has 0 atom stereocenters. The van der Waals surface area contributed by atoms with Crippen molar-refractivity contribution in [2.75, 3.05) is 12.1 Å². The van der Waals surface area contributed by atoms with Crippen LogP contribution in [0, 0.1) is 0 Å². The van der Waals surface area contributed by atoms with Gasteiger partial charge in [-0.25, -0.2) is 9.61 Å². The third-order valence-electron chi connectivity index (χ3n) is 4.80. The van der Waals surface area contributed by atoms with Crippen LogP contribution in [0.25, 0.3) is 22.6 Å². The second-order valence-corrected chi connectivity index (χ2v) is 7.52. The molecule has 0 unspecified atom stereocenters. The van der Waals surface area contributed by atoms with Crippen molar-refractivity contribution in [1.29, 1.82) is 0 Å². The first-order valence-corrected chi connectivity index (χ1v) is 10.1. The summed E-state index contributed by atoms with van der Waals surface area (Å²) in [4.78, 5) is 16.6. The van der Waals surface area contributed by atoms with Crippen molar-refractivity contribution in [3.63, 3.8) is 0 Å². The fraction of sp³-hybridized carbons (Fsp3) is 0.200. The van der Waals surface area contributed by atoms with Crippen LogP contribution in [-0.2, 0) is 11.3 Å². The first-order chi connectivity index (χ1) is 14.6. The molecule has 0 saturated heterocycles. The number of amides is 1. The summed E-state index contributed by atoms with van der Waals surface area (Å²) in [6, 6.07) is 11.6. The van der Waals surface area contributed by atoms with Crippen molar-refractivity contribution in [2.24, 2.45) is 0 Å². The average Bonchev–Trinajstić information content (AvgIpc) is 3.47. The molecule has 0 spiro atoms. The molecule has 1 N–H and O–H groups in total. The van der Waals surface area contributed by atoms with Crippen LogP contribution in [0.5, 0.6) is 11.5 Å². The smallest absolute Gasteiger partial charge is 0.231 e. The van der Waals surface area contributed by atoms with E-state index in [9.17, 15) is 4.79 Å². The number of halogens is 1. The summed E-state index contributed by atoms with van der Waals surface area (Å²) in [6.07, 6.45) is 0.312. The molecule has 0 aliphatic carbocycles. The first-order valence-electron chi connectivity index (χ1n) is 9.30. The first kappa shape index (κ1) is 18.6. The largest absolute Gasteiger partial charge is 0.454 e. The lowest BCUT2D eigenvalue weighted by molar-refractivity contribution is -0.115. The normalized spacial score (nSPS) is 12.5. The van der Waals surface area contributed by atoms with Crippen LogP contribution in [0.1, 0.15) is 18.9 Å². The van der Waals surface area contributed by atoms with Gasteiger partial charge < -0.3 is 19.4 Å². The maximum absolute atomic E-state index is 11.9. The van der Waals surface area contributed by atoms with E-state index in [1.165, 1.54) is 0 Å². The lowest BCUT2D eigenvalue weighted by Gasteiger charge is -2.11. The van der Waals surface area contributed by atoms with Crippen molar-refractivity contribution < 1.29 is 18.9 Å². The van der Waals surface area contributed by atoms with Gasteiger partial charge in [-0.1, -0.05) is 35.0 Å². The SMILES string of the molecule is CCC(=O)Nc1nonc1-c1nc2ccccc2n1Cc1cc2c(cc1Br)OCO2. The number of fused-ring (bicyclic) bond motifs is 2. The van der Waals surface area contributed by atoms with Gasteiger partial charge in [-0.3, -0.25) is 4.79 Å². The lowest BCUT2D eigenvalue weighted by Crippen LogP contribution is -2.11. The summed E-state index contributed by atoms with van der Waals surface area (Å²) in [5, 5.41) is 10.6. The number of ether oxygens (including phenoxy) is 2. The van der Waals surface area contributed by atoms with Gasteiger partial charge in [0.25, 0.3) is 0 Å². The van der Waals surface area contributed by atoms with E-state index in [4.69, 9.17) is 19.1 Å². The fourth-order valence-electron chi connectivity index (χ4n) is 3.30. The Kier molecular flexibility index (Phi) is 4.62. The second kappa shape index (κ2) is 7.45. The van der Waals surface area contributed by atoms with Crippen LogP contribution in [0.4, 0.5) is 5.82 Å². The zero-order valence-electron chi connectivity index (χ0n) is 15.9. The Labute approximate surface area is 179 Å². The molecule has 1 aliphatic rings. The molecule has 1 aliphatic heterocycles. The number of para-hydroxylation sites is 2. The second-order valence-electron chi connectivity index (χ2n) is 6.67. The number of carbonyl (C=O) groups excluding carboxylic acids is 1. The van der Waals surface area contributed by atoms with E-state index in [2.05, 4.69) is 31.6 Å². The van der Waals surface area contributed by atoms with E-state index in [1.807, 2.05) is 41.0 Å². The maximum Gasteiger partial charge on any atom is 0.231 e. The van der Waals surface area contributed by atoms with Gasteiger partial charge in [0.2, 0.25) is 18.5 Å². The highest BCUT2D eigenvalue weighted by Gasteiger charge is 2.23. The molecule has 0 fully saturated rings. The molecule has 10 heteroatoms. The van der Waals surface area contributed by atoms with Crippen molar-refractivity contribution in [2.45, 2.75) is 19.9 Å². The van der Waals surface area contributed by atoms with Gasteiger partial charge in [0.15, 0.2) is 23.0 Å². The predicted octanol–water partition coefficient (Wildman–Crippen LogP) is 3.97. The zero-order chi connectivity index (χ0) is 20.7. The zero-order valence-corrected chi connectivity index (χ0v) is 17.5. The van der Waals surface area contributed by atoms with E-state index in [-0.39, 0.29) is 18.5 Å². The number of nitrogens with one attached hydrogen (secondary N) is 1. The van der Waals surface area contributed by atoms with E-state index >= 15 is 0 Å². The summed E-state index contributed by atoms with van der Waals surface area (Å²) >= 11 is 3.62. The topological polar surface area (TPSA) is 104 Å². The summed E-state index contributed by atoms with van der Waals surface area (Å²) in [5.41, 5.74) is 3.04. The van der Waals surface area contributed by atoms with Crippen LogP contribution < -0.4 is 14.8 Å². The molecular weight excluding hydrogens is 454 g/mol. The van der Waals surface area contributed by atoms with Crippen LogP contribution in [0.2, 0.25) is 0 Å². The van der Waals surface area contributed by atoms with Gasteiger partial charge in [-0.05, 0) is 40.1 Å². The molecule has 4 aromatic rings. The van der Waals surface area contributed by atoms with Gasteiger partial charge in [-0.15, -0.1) is 0 Å². The number of aromatic nitrogens is 4. The molecular formula is C20H16BrN5O4. The molecule has 152 valence electrons. The van der Waals surface area contributed by atoms with E-state index in [0.717, 1.165) is 21.1 Å². The number of hydrogen-bond acceptors (Lipinski definition) is 7. The summed E-state index contributed by atoms with van der Waals surface area (Å²) in [6.45, 7) is 2.44. The Balaban J connectivity index is 1.63. The molecule has 2 aromatic heterocycles. The van der Waals surface area contributed by atoms with Gasteiger partial charge in [0.1, 0.15) is 0 Å². The average molecular weight is 470 g/mol. The van der Waals surface area contributed by atoms with Gasteiger partial charge in [0, 0.05) is 10.9 Å². The molecule has 1 amide bonds. The molecule has 5 rings (SSSR count). The molecule has 2 aromatic carbocycles. The van der Waals surface area contributed by atoms with Crippen molar-refractivity contribution in [3.05, 3.63) is 46.4 Å². The monoisotopic (exact) mass is 469 g/mol. The summed E-state index contributed by atoms with van der Waals surface area (Å²) in [7, 11) is 0. The Morgan fingerprint density at radius 1 is 1.20 bits per heavy atom. The van der Waals surface area contributed by atoms with Gasteiger partial charge >= 0.3 is 0 Å².